The maximum Gasteiger partial charge on any atom is 0.0725 e. The Morgan fingerprint density at radius 2 is 0.848 bits per heavy atom. The Kier molecular flexibility index (Phi) is 3.16. The number of rotatable bonds is 0. The van der Waals surface area contributed by atoms with E-state index in [9.17, 15) is 0 Å². The van der Waals surface area contributed by atoms with Crippen LogP contribution in [-0.4, -0.2) is 0 Å². The first-order valence-corrected chi connectivity index (χ1v) is 11.6. The molecule has 0 heterocycles. The number of hydrogen-bond donors (Lipinski definition) is 0. The van der Waals surface area contributed by atoms with Crippen LogP contribution in [0.3, 0.4) is 0 Å². The predicted octanol–water partition coefficient (Wildman–Crippen LogP) is 8.34. The Labute approximate surface area is 192 Å². The monoisotopic (exact) mass is 416 g/mol. The molecule has 0 saturated heterocycles. The highest BCUT2D eigenvalue weighted by Crippen LogP contribution is 2.62. The zero-order chi connectivity index (χ0) is 21.6. The smallest absolute Gasteiger partial charge is 0.0619 e. The first-order valence-electron chi connectivity index (χ1n) is 11.6. The fraction of sp³-hybridized carbons (Fsp3) is 0.0303. The molecular formula is C33H20. The molecule has 1 unspecified atom stereocenters. The van der Waals surface area contributed by atoms with Crippen molar-refractivity contribution in [2.75, 3.05) is 0 Å². The van der Waals surface area contributed by atoms with Gasteiger partial charge in [-0.3, -0.25) is 0 Å². The van der Waals surface area contributed by atoms with Crippen LogP contribution in [-0.2, 0) is 5.41 Å². The first-order chi connectivity index (χ1) is 16.4. The van der Waals surface area contributed by atoms with E-state index in [1.807, 2.05) is 0 Å². The Morgan fingerprint density at radius 1 is 0.333 bits per heavy atom. The summed E-state index contributed by atoms with van der Waals surface area (Å²) in [6, 6.07) is 45.3. The van der Waals surface area contributed by atoms with Crippen molar-refractivity contribution in [3.05, 3.63) is 144 Å². The van der Waals surface area contributed by atoms with Gasteiger partial charge >= 0.3 is 0 Å². The molecule has 0 heteroatoms. The van der Waals surface area contributed by atoms with E-state index in [2.05, 4.69) is 121 Å². The van der Waals surface area contributed by atoms with Crippen LogP contribution < -0.4 is 0 Å². The van der Waals surface area contributed by atoms with Gasteiger partial charge in [0.15, 0.2) is 0 Å². The van der Waals surface area contributed by atoms with Crippen LogP contribution in [0.4, 0.5) is 0 Å². The molecule has 2 aliphatic rings. The zero-order valence-electron chi connectivity index (χ0n) is 18.0. The van der Waals surface area contributed by atoms with E-state index in [1.165, 1.54) is 66.1 Å². The number of hydrogen-bond acceptors (Lipinski definition) is 0. The molecule has 0 aliphatic heterocycles. The molecule has 0 nitrogen and oxygen atoms in total. The Morgan fingerprint density at radius 3 is 1.61 bits per heavy atom. The molecule has 2 aliphatic carbocycles. The van der Waals surface area contributed by atoms with Crippen LogP contribution >= 0.6 is 0 Å². The van der Waals surface area contributed by atoms with Gasteiger partial charge in [0.2, 0.25) is 0 Å². The van der Waals surface area contributed by atoms with Gasteiger partial charge in [-0.25, -0.2) is 0 Å². The first kappa shape index (κ1) is 17.4. The van der Waals surface area contributed by atoms with Crippen LogP contribution in [0.15, 0.2) is 121 Å². The molecule has 0 saturated carbocycles. The molecule has 8 rings (SSSR count). The van der Waals surface area contributed by atoms with E-state index < -0.39 is 0 Å². The van der Waals surface area contributed by atoms with Gasteiger partial charge in [0.25, 0.3) is 0 Å². The summed E-state index contributed by atoms with van der Waals surface area (Å²) in [7, 11) is 0. The van der Waals surface area contributed by atoms with Gasteiger partial charge in [-0.2, -0.15) is 0 Å². The summed E-state index contributed by atoms with van der Waals surface area (Å²) >= 11 is 0. The van der Waals surface area contributed by atoms with Gasteiger partial charge in [-0.15, -0.1) is 0 Å². The molecule has 6 aromatic rings. The second-order valence-corrected chi connectivity index (χ2v) is 9.30. The van der Waals surface area contributed by atoms with E-state index >= 15 is 0 Å². The molecule has 0 radical (unpaired) electrons. The van der Waals surface area contributed by atoms with Gasteiger partial charge in [-0.05, 0) is 78.2 Å². The summed E-state index contributed by atoms with van der Waals surface area (Å²) in [5.74, 6) is 0. The lowest BCUT2D eigenvalue weighted by Crippen LogP contribution is -2.31. The van der Waals surface area contributed by atoms with Gasteiger partial charge in [0.05, 0.1) is 5.41 Å². The Hall–Kier alpha value is -4.16. The molecule has 0 amide bonds. The van der Waals surface area contributed by atoms with Gasteiger partial charge in [-0.1, -0.05) is 109 Å². The van der Waals surface area contributed by atoms with E-state index in [0.29, 0.717) is 0 Å². The largest absolute Gasteiger partial charge is 0.0725 e. The van der Waals surface area contributed by atoms with E-state index in [1.54, 1.807) is 0 Å². The van der Waals surface area contributed by atoms with Gasteiger partial charge < -0.3 is 0 Å². The summed E-state index contributed by atoms with van der Waals surface area (Å²) in [5, 5.41) is 5.29. The summed E-state index contributed by atoms with van der Waals surface area (Å²) in [6.07, 6.45) is 0. The van der Waals surface area contributed by atoms with E-state index in [4.69, 9.17) is 0 Å². The summed E-state index contributed by atoms with van der Waals surface area (Å²) in [6.45, 7) is 0. The lowest BCUT2D eigenvalue weighted by molar-refractivity contribution is 0.774. The standard InChI is InChI=1S/C33H20/c1-2-10-23-20-31-27(19-22(23)9-1)25-14-4-6-17-29(25)33(31)28-16-5-3-13-24(28)26-15-7-11-21-12-8-18-30(33)32(21)26/h1-20H. The third-order valence-electron chi connectivity index (χ3n) is 7.84. The third kappa shape index (κ3) is 1.98. The predicted molar refractivity (Wildman–Crippen MR) is 138 cm³/mol. The van der Waals surface area contributed by atoms with Crippen molar-refractivity contribution >= 4 is 21.5 Å². The van der Waals surface area contributed by atoms with E-state index in [0.717, 1.165) is 0 Å². The summed E-state index contributed by atoms with van der Waals surface area (Å²) in [4.78, 5) is 0. The molecule has 0 aromatic heterocycles. The second-order valence-electron chi connectivity index (χ2n) is 9.30. The zero-order valence-corrected chi connectivity index (χ0v) is 18.0. The van der Waals surface area contributed by atoms with Crippen molar-refractivity contribution < 1.29 is 0 Å². The topological polar surface area (TPSA) is 0 Å². The van der Waals surface area contributed by atoms with Crippen molar-refractivity contribution in [1.29, 1.82) is 0 Å². The number of fused-ring (bicyclic) bond motifs is 10. The SMILES string of the molecule is c1ccc2c(c1)-c1cc3ccccc3cc1C21c2ccccc2-c2cccc3cccc1c23. The lowest BCUT2D eigenvalue weighted by atomic mass is 9.61. The van der Waals surface area contributed by atoms with Crippen LogP contribution in [0.2, 0.25) is 0 Å². The Balaban J connectivity index is 1.67. The number of benzene rings is 6. The summed E-state index contributed by atoms with van der Waals surface area (Å²) < 4.78 is 0. The molecule has 1 atom stereocenters. The molecule has 33 heavy (non-hydrogen) atoms. The molecule has 1 spiro atoms. The van der Waals surface area contributed by atoms with Gasteiger partial charge in [0, 0.05) is 0 Å². The highest BCUT2D eigenvalue weighted by Gasteiger charge is 2.49. The molecular weight excluding hydrogens is 396 g/mol. The van der Waals surface area contributed by atoms with Crippen LogP contribution in [0.1, 0.15) is 22.3 Å². The second kappa shape index (κ2) is 5.99. The average molecular weight is 417 g/mol. The minimum Gasteiger partial charge on any atom is -0.0619 e. The van der Waals surface area contributed by atoms with Gasteiger partial charge in [0.1, 0.15) is 0 Å². The average Bonchev–Trinajstić information content (AvgIpc) is 3.16. The maximum absolute atomic E-state index is 2.45. The maximum atomic E-state index is 2.45. The molecule has 152 valence electrons. The molecule has 0 fully saturated rings. The van der Waals surface area contributed by atoms with Crippen LogP contribution in [0.25, 0.3) is 43.8 Å². The molecule has 0 bridgehead atoms. The quantitative estimate of drug-likeness (QED) is 0.233. The highest BCUT2D eigenvalue weighted by molar-refractivity contribution is 6.07. The fourth-order valence-corrected chi connectivity index (χ4v) is 6.61. The normalized spacial score (nSPS) is 17.2. The van der Waals surface area contributed by atoms with Crippen LogP contribution in [0.5, 0.6) is 0 Å². The minimum absolute atomic E-state index is 0.319. The third-order valence-corrected chi connectivity index (χ3v) is 7.84. The molecule has 0 N–H and O–H groups in total. The highest BCUT2D eigenvalue weighted by atomic mass is 14.5. The van der Waals surface area contributed by atoms with E-state index in [-0.39, 0.29) is 5.41 Å². The fourth-order valence-electron chi connectivity index (χ4n) is 6.61. The van der Waals surface area contributed by atoms with Crippen LogP contribution in [0, 0.1) is 0 Å². The summed E-state index contributed by atoms with van der Waals surface area (Å²) in [5.41, 5.74) is 10.7. The van der Waals surface area contributed by atoms with Crippen molar-refractivity contribution in [1.82, 2.24) is 0 Å². The minimum atomic E-state index is -0.319. The lowest BCUT2D eigenvalue weighted by Gasteiger charge is -2.40. The Bertz CT molecular complexity index is 1770. The van der Waals surface area contributed by atoms with Crippen molar-refractivity contribution in [2.45, 2.75) is 5.41 Å². The van der Waals surface area contributed by atoms with Crippen molar-refractivity contribution in [2.24, 2.45) is 0 Å². The van der Waals surface area contributed by atoms with Crippen molar-refractivity contribution in [3.63, 3.8) is 0 Å². The molecule has 6 aromatic carbocycles. The van der Waals surface area contributed by atoms with Crippen molar-refractivity contribution in [3.8, 4) is 22.3 Å².